The van der Waals surface area contributed by atoms with Gasteiger partial charge in [0.15, 0.2) is 0 Å². The zero-order chi connectivity index (χ0) is 15.6. The van der Waals surface area contributed by atoms with Gasteiger partial charge in [-0.25, -0.2) is 0 Å². The van der Waals surface area contributed by atoms with Gasteiger partial charge in [0.2, 0.25) is 11.8 Å². The molecule has 0 spiro atoms. The van der Waals surface area contributed by atoms with Crippen LogP contribution in [0.15, 0.2) is 0 Å². The van der Waals surface area contributed by atoms with Gasteiger partial charge < -0.3 is 5.73 Å². The third-order valence-electron chi connectivity index (χ3n) is 5.31. The predicted molar refractivity (Wildman–Crippen MR) is 82.5 cm³/mol. The van der Waals surface area contributed by atoms with Crippen LogP contribution < -0.4 is 11.1 Å². The second-order valence-corrected chi connectivity index (χ2v) is 7.10. The average molecular weight is 295 g/mol. The zero-order valence-electron chi connectivity index (χ0n) is 13.5. The SMILES string of the molecule is CCCC1CCC(CN)C(N2CC(=O)NC(=O)C2(C)C)C1. The maximum atomic E-state index is 12.2. The van der Waals surface area contributed by atoms with Crippen LogP contribution in [-0.4, -0.2) is 41.4 Å². The lowest BCUT2D eigenvalue weighted by Gasteiger charge is -2.50. The van der Waals surface area contributed by atoms with Gasteiger partial charge in [0.25, 0.3) is 0 Å². The van der Waals surface area contributed by atoms with Gasteiger partial charge in [-0.05, 0) is 45.1 Å². The molecular formula is C16H29N3O2. The van der Waals surface area contributed by atoms with Crippen molar-refractivity contribution in [3.05, 3.63) is 0 Å². The summed E-state index contributed by atoms with van der Waals surface area (Å²) < 4.78 is 0. The standard InChI is InChI=1S/C16H29N3O2/c1-4-5-11-6-7-12(9-17)13(8-11)19-10-14(20)18-15(21)16(19,2)3/h11-13H,4-10,17H2,1-3H3,(H,18,20,21). The molecule has 1 heterocycles. The van der Waals surface area contributed by atoms with Crippen LogP contribution in [0.1, 0.15) is 52.9 Å². The van der Waals surface area contributed by atoms with Gasteiger partial charge in [0.1, 0.15) is 0 Å². The Morgan fingerprint density at radius 1 is 1.33 bits per heavy atom. The van der Waals surface area contributed by atoms with Crippen molar-refractivity contribution in [1.82, 2.24) is 10.2 Å². The van der Waals surface area contributed by atoms with Crippen molar-refractivity contribution in [2.75, 3.05) is 13.1 Å². The largest absolute Gasteiger partial charge is 0.330 e. The second-order valence-electron chi connectivity index (χ2n) is 7.10. The lowest BCUT2D eigenvalue weighted by Crippen LogP contribution is -2.68. The lowest BCUT2D eigenvalue weighted by atomic mass is 9.74. The molecule has 2 amide bonds. The van der Waals surface area contributed by atoms with Crippen molar-refractivity contribution >= 4 is 11.8 Å². The van der Waals surface area contributed by atoms with Crippen molar-refractivity contribution < 1.29 is 9.59 Å². The van der Waals surface area contributed by atoms with Crippen molar-refractivity contribution in [3.8, 4) is 0 Å². The topological polar surface area (TPSA) is 75.4 Å². The minimum atomic E-state index is -0.639. The van der Waals surface area contributed by atoms with Crippen LogP contribution in [0.4, 0.5) is 0 Å². The highest BCUT2D eigenvalue weighted by Gasteiger charge is 2.47. The Kier molecular flexibility index (Phi) is 5.04. The summed E-state index contributed by atoms with van der Waals surface area (Å²) in [5.41, 5.74) is 5.33. The Labute approximate surface area is 127 Å². The highest BCUT2D eigenvalue weighted by molar-refractivity contribution is 6.03. The quantitative estimate of drug-likeness (QED) is 0.766. The number of piperazine rings is 1. The first-order valence-corrected chi connectivity index (χ1v) is 8.21. The molecule has 120 valence electrons. The van der Waals surface area contributed by atoms with E-state index in [2.05, 4.69) is 17.1 Å². The molecule has 2 fully saturated rings. The Morgan fingerprint density at radius 2 is 2.05 bits per heavy atom. The molecule has 1 saturated heterocycles. The molecular weight excluding hydrogens is 266 g/mol. The Hall–Kier alpha value is -0.940. The predicted octanol–water partition coefficient (Wildman–Crippen LogP) is 1.27. The minimum absolute atomic E-state index is 0.187. The molecule has 2 rings (SSSR count). The maximum Gasteiger partial charge on any atom is 0.246 e. The number of imide groups is 1. The number of hydrogen-bond donors (Lipinski definition) is 2. The Bertz CT molecular complexity index is 408. The van der Waals surface area contributed by atoms with E-state index in [0.717, 1.165) is 12.8 Å². The molecule has 3 unspecified atom stereocenters. The number of carbonyl (C=O) groups is 2. The van der Waals surface area contributed by atoms with Crippen LogP contribution in [-0.2, 0) is 9.59 Å². The van der Waals surface area contributed by atoms with Crippen LogP contribution in [0.3, 0.4) is 0 Å². The van der Waals surface area contributed by atoms with Crippen molar-refractivity contribution in [2.45, 2.75) is 64.5 Å². The molecule has 5 nitrogen and oxygen atoms in total. The molecule has 5 heteroatoms. The molecule has 0 radical (unpaired) electrons. The van der Waals surface area contributed by atoms with E-state index in [-0.39, 0.29) is 17.9 Å². The van der Waals surface area contributed by atoms with E-state index < -0.39 is 5.54 Å². The third kappa shape index (κ3) is 3.29. The van der Waals surface area contributed by atoms with Gasteiger partial charge in [-0.3, -0.25) is 19.8 Å². The van der Waals surface area contributed by atoms with Crippen LogP contribution >= 0.6 is 0 Å². The molecule has 2 aliphatic rings. The normalized spacial score (nSPS) is 33.8. The molecule has 0 aromatic rings. The molecule has 0 aromatic heterocycles. The monoisotopic (exact) mass is 295 g/mol. The molecule has 1 aliphatic heterocycles. The number of carbonyl (C=O) groups excluding carboxylic acids is 2. The van der Waals surface area contributed by atoms with Crippen molar-refractivity contribution in [3.63, 3.8) is 0 Å². The van der Waals surface area contributed by atoms with Crippen LogP contribution in [0.2, 0.25) is 0 Å². The summed E-state index contributed by atoms with van der Waals surface area (Å²) >= 11 is 0. The summed E-state index contributed by atoms with van der Waals surface area (Å²) in [6.07, 6.45) is 5.80. The fraction of sp³-hybridized carbons (Fsp3) is 0.875. The van der Waals surface area contributed by atoms with Crippen LogP contribution in [0.25, 0.3) is 0 Å². The molecule has 21 heavy (non-hydrogen) atoms. The minimum Gasteiger partial charge on any atom is -0.330 e. The first-order valence-electron chi connectivity index (χ1n) is 8.21. The molecule has 3 atom stereocenters. The summed E-state index contributed by atoms with van der Waals surface area (Å²) in [5, 5.41) is 2.46. The van der Waals surface area contributed by atoms with E-state index in [4.69, 9.17) is 5.73 Å². The first kappa shape index (κ1) is 16.4. The van der Waals surface area contributed by atoms with Gasteiger partial charge >= 0.3 is 0 Å². The van der Waals surface area contributed by atoms with Crippen LogP contribution in [0.5, 0.6) is 0 Å². The number of rotatable bonds is 4. The number of hydrogen-bond acceptors (Lipinski definition) is 4. The number of amides is 2. The Balaban J connectivity index is 2.21. The van der Waals surface area contributed by atoms with E-state index in [9.17, 15) is 9.59 Å². The molecule has 3 N–H and O–H groups in total. The maximum absolute atomic E-state index is 12.2. The zero-order valence-corrected chi connectivity index (χ0v) is 13.5. The van der Waals surface area contributed by atoms with Gasteiger partial charge in [-0.1, -0.05) is 26.2 Å². The van der Waals surface area contributed by atoms with Gasteiger partial charge in [-0.2, -0.15) is 0 Å². The fourth-order valence-corrected chi connectivity index (χ4v) is 3.95. The van der Waals surface area contributed by atoms with Gasteiger partial charge in [0.05, 0.1) is 12.1 Å². The second kappa shape index (κ2) is 6.44. The van der Waals surface area contributed by atoms with E-state index in [1.165, 1.54) is 19.3 Å². The molecule has 1 saturated carbocycles. The fourth-order valence-electron chi connectivity index (χ4n) is 3.95. The van der Waals surface area contributed by atoms with Crippen LogP contribution in [0, 0.1) is 11.8 Å². The number of nitrogens with one attached hydrogen (secondary N) is 1. The summed E-state index contributed by atoms with van der Waals surface area (Å²) in [6.45, 7) is 6.97. The van der Waals surface area contributed by atoms with E-state index in [0.29, 0.717) is 24.9 Å². The highest BCUT2D eigenvalue weighted by Crippen LogP contribution is 2.37. The average Bonchev–Trinajstić information content (AvgIpc) is 2.43. The van der Waals surface area contributed by atoms with E-state index in [1.54, 1.807) is 0 Å². The third-order valence-corrected chi connectivity index (χ3v) is 5.31. The molecule has 1 aliphatic carbocycles. The van der Waals surface area contributed by atoms with Gasteiger partial charge in [0, 0.05) is 6.04 Å². The molecule has 0 bridgehead atoms. The Morgan fingerprint density at radius 3 is 2.67 bits per heavy atom. The summed E-state index contributed by atoms with van der Waals surface area (Å²) in [7, 11) is 0. The summed E-state index contributed by atoms with van der Waals surface area (Å²) in [6, 6.07) is 0.241. The number of nitrogens with zero attached hydrogens (tertiary/aromatic N) is 1. The first-order chi connectivity index (χ1) is 9.90. The lowest BCUT2D eigenvalue weighted by molar-refractivity contribution is -0.149. The van der Waals surface area contributed by atoms with Gasteiger partial charge in [-0.15, -0.1) is 0 Å². The molecule has 0 aromatic carbocycles. The smallest absolute Gasteiger partial charge is 0.246 e. The van der Waals surface area contributed by atoms with E-state index in [1.807, 2.05) is 13.8 Å². The number of nitrogens with two attached hydrogens (primary N) is 1. The summed E-state index contributed by atoms with van der Waals surface area (Å²) in [4.78, 5) is 26.1. The van der Waals surface area contributed by atoms with E-state index >= 15 is 0 Å². The van der Waals surface area contributed by atoms with Crippen molar-refractivity contribution in [2.24, 2.45) is 17.6 Å². The highest BCUT2D eigenvalue weighted by atomic mass is 16.2. The summed E-state index contributed by atoms with van der Waals surface area (Å²) in [5.74, 6) is 0.703. The van der Waals surface area contributed by atoms with Crippen molar-refractivity contribution in [1.29, 1.82) is 0 Å².